The van der Waals surface area contributed by atoms with Crippen molar-refractivity contribution in [3.8, 4) is 0 Å². The maximum atomic E-state index is 12.0. The molecular weight excluding hydrogens is 407 g/mol. The zero-order valence-electron chi connectivity index (χ0n) is 15.7. The fourth-order valence-electron chi connectivity index (χ4n) is 2.16. The van der Waals surface area contributed by atoms with Gasteiger partial charge in [0.15, 0.2) is 0 Å². The van der Waals surface area contributed by atoms with Gasteiger partial charge in [0.2, 0.25) is 11.9 Å². The van der Waals surface area contributed by atoms with E-state index in [0.717, 1.165) is 0 Å². The molecule has 2 amide bonds. The van der Waals surface area contributed by atoms with Crippen LogP contribution in [0, 0.1) is 11.3 Å². The predicted octanol–water partition coefficient (Wildman–Crippen LogP) is 2.65. The van der Waals surface area contributed by atoms with Crippen LogP contribution in [-0.4, -0.2) is 36.4 Å². The average Bonchev–Trinajstić information content (AvgIpc) is 2.60. The molecule has 0 saturated heterocycles. The topological polar surface area (TPSA) is 134 Å². The van der Waals surface area contributed by atoms with E-state index in [1.807, 2.05) is 13.8 Å². The summed E-state index contributed by atoms with van der Waals surface area (Å²) in [4.78, 5) is 35.3. The number of carbonyl (C=O) groups is 3. The molecule has 28 heavy (non-hydrogen) atoms. The Labute approximate surface area is 173 Å². The summed E-state index contributed by atoms with van der Waals surface area (Å²) in [5.74, 6) is -1.18. The minimum Gasteiger partial charge on any atom is -0.449 e. The van der Waals surface area contributed by atoms with Crippen molar-refractivity contribution in [3.63, 3.8) is 0 Å². The van der Waals surface area contributed by atoms with Crippen LogP contribution in [0.3, 0.4) is 0 Å². The summed E-state index contributed by atoms with van der Waals surface area (Å²) in [6.07, 6.45) is -0.561. The monoisotopic (exact) mass is 430 g/mol. The Kier molecular flexibility index (Phi) is 9.92. The molecule has 0 saturated carbocycles. The molecule has 0 heterocycles. The molecule has 0 aliphatic heterocycles. The molecule has 0 unspecified atom stereocenters. The van der Waals surface area contributed by atoms with Gasteiger partial charge in [-0.05, 0) is 30.0 Å². The van der Waals surface area contributed by atoms with Crippen LogP contribution < -0.4 is 16.4 Å². The molecule has 8 nitrogen and oxygen atoms in total. The van der Waals surface area contributed by atoms with Crippen molar-refractivity contribution in [2.45, 2.75) is 39.2 Å². The lowest BCUT2D eigenvalue weighted by Gasteiger charge is -2.14. The van der Waals surface area contributed by atoms with Gasteiger partial charge in [0.05, 0.1) is 19.1 Å². The fourth-order valence-corrected chi connectivity index (χ4v) is 2.70. The Bertz CT molecular complexity index is 720. The van der Waals surface area contributed by atoms with Crippen molar-refractivity contribution in [2.75, 3.05) is 6.61 Å². The summed E-state index contributed by atoms with van der Waals surface area (Å²) in [6.45, 7) is 3.69. The van der Waals surface area contributed by atoms with Crippen LogP contribution in [0.15, 0.2) is 18.2 Å². The summed E-state index contributed by atoms with van der Waals surface area (Å²) in [5, 5.41) is 12.5. The highest BCUT2D eigenvalue weighted by molar-refractivity contribution is 6.36. The minimum absolute atomic E-state index is 0.0150. The lowest BCUT2D eigenvalue weighted by molar-refractivity contribution is -0.121. The van der Waals surface area contributed by atoms with Gasteiger partial charge in [-0.3, -0.25) is 25.6 Å². The van der Waals surface area contributed by atoms with E-state index in [4.69, 9.17) is 39.1 Å². The van der Waals surface area contributed by atoms with Crippen molar-refractivity contribution in [1.29, 1.82) is 5.41 Å². The number of nitrogens with one attached hydrogen (secondary N) is 3. The average molecular weight is 431 g/mol. The van der Waals surface area contributed by atoms with Crippen LogP contribution >= 0.6 is 23.2 Å². The molecule has 0 radical (unpaired) electrons. The van der Waals surface area contributed by atoms with Gasteiger partial charge in [-0.25, -0.2) is 4.79 Å². The SMILES string of the molecule is CC(C)[C@H](N)C(=O)CCCOC(=O)NC(=N)NC(=O)Cc1c(Cl)cccc1Cl. The Morgan fingerprint density at radius 3 is 2.36 bits per heavy atom. The number of benzene rings is 1. The molecule has 5 N–H and O–H groups in total. The summed E-state index contributed by atoms with van der Waals surface area (Å²) in [5.41, 5.74) is 6.15. The van der Waals surface area contributed by atoms with Gasteiger partial charge in [0, 0.05) is 16.5 Å². The first-order valence-corrected chi connectivity index (χ1v) is 9.40. The Hall–Kier alpha value is -2.16. The standard InChI is InChI=1S/C18H24Cl2N4O4/c1-10(2)16(21)14(25)7-4-8-28-18(27)24-17(22)23-15(26)9-11-12(19)5-3-6-13(11)20/h3,5-6,10,16H,4,7-9,21H2,1-2H3,(H3,22,23,24,26,27)/t16-/m0/s1. The molecule has 0 bridgehead atoms. The normalized spacial score (nSPS) is 11.6. The van der Waals surface area contributed by atoms with Crippen molar-refractivity contribution >= 4 is 46.9 Å². The molecule has 1 aromatic rings. The van der Waals surface area contributed by atoms with E-state index in [0.29, 0.717) is 22.0 Å². The van der Waals surface area contributed by atoms with Gasteiger partial charge in [0.1, 0.15) is 5.78 Å². The Balaban J connectivity index is 2.32. The van der Waals surface area contributed by atoms with Crippen LogP contribution in [0.5, 0.6) is 0 Å². The second-order valence-corrected chi connectivity index (χ2v) is 7.22. The number of amides is 2. The zero-order valence-corrected chi connectivity index (χ0v) is 17.2. The molecular formula is C18H24Cl2N4O4. The number of ketones is 1. The molecule has 10 heteroatoms. The lowest BCUT2D eigenvalue weighted by Crippen LogP contribution is -2.44. The maximum absolute atomic E-state index is 12.0. The second kappa shape index (κ2) is 11.6. The number of guanidine groups is 1. The van der Waals surface area contributed by atoms with Crippen LogP contribution in [0.1, 0.15) is 32.3 Å². The Morgan fingerprint density at radius 2 is 1.79 bits per heavy atom. The lowest BCUT2D eigenvalue weighted by atomic mass is 9.98. The number of alkyl carbamates (subject to hydrolysis) is 1. The van der Waals surface area contributed by atoms with Gasteiger partial charge >= 0.3 is 6.09 Å². The highest BCUT2D eigenvalue weighted by Crippen LogP contribution is 2.24. The molecule has 1 atom stereocenters. The summed E-state index contributed by atoms with van der Waals surface area (Å²) < 4.78 is 4.86. The van der Waals surface area contributed by atoms with Gasteiger partial charge in [0.25, 0.3) is 0 Å². The second-order valence-electron chi connectivity index (χ2n) is 6.40. The highest BCUT2D eigenvalue weighted by atomic mass is 35.5. The van der Waals surface area contributed by atoms with Crippen molar-refractivity contribution < 1.29 is 19.1 Å². The van der Waals surface area contributed by atoms with E-state index in [-0.39, 0.29) is 31.1 Å². The third-order valence-electron chi connectivity index (χ3n) is 3.78. The first kappa shape index (κ1) is 23.9. The van der Waals surface area contributed by atoms with Gasteiger partial charge in [-0.15, -0.1) is 0 Å². The minimum atomic E-state index is -0.915. The van der Waals surface area contributed by atoms with E-state index < -0.39 is 24.0 Å². The number of Topliss-reactive ketones (excluding diaryl/α,β-unsaturated/α-hetero) is 1. The molecule has 1 aromatic carbocycles. The summed E-state index contributed by atoms with van der Waals surface area (Å²) in [7, 11) is 0. The van der Waals surface area contributed by atoms with E-state index in [1.165, 1.54) is 0 Å². The first-order valence-electron chi connectivity index (χ1n) is 8.65. The largest absolute Gasteiger partial charge is 0.449 e. The molecule has 0 spiro atoms. The van der Waals surface area contributed by atoms with Gasteiger partial charge < -0.3 is 10.5 Å². The number of hydrogen-bond acceptors (Lipinski definition) is 6. The number of halogens is 2. The Morgan fingerprint density at radius 1 is 1.18 bits per heavy atom. The smallest absolute Gasteiger partial charge is 0.413 e. The maximum Gasteiger partial charge on any atom is 0.413 e. The van der Waals surface area contributed by atoms with Gasteiger partial charge in [-0.1, -0.05) is 43.1 Å². The number of nitrogens with two attached hydrogens (primary N) is 1. The number of ether oxygens (including phenoxy) is 1. The van der Waals surface area contributed by atoms with E-state index in [2.05, 4.69) is 10.6 Å². The highest BCUT2D eigenvalue weighted by Gasteiger charge is 2.17. The first-order chi connectivity index (χ1) is 13.1. The van der Waals surface area contributed by atoms with Gasteiger partial charge in [-0.2, -0.15) is 0 Å². The van der Waals surface area contributed by atoms with Crippen LogP contribution in [0.4, 0.5) is 4.79 Å². The molecule has 0 aliphatic rings. The third-order valence-corrected chi connectivity index (χ3v) is 4.49. The predicted molar refractivity (Wildman–Crippen MR) is 108 cm³/mol. The van der Waals surface area contributed by atoms with E-state index >= 15 is 0 Å². The molecule has 0 aromatic heterocycles. The number of carbonyl (C=O) groups excluding carboxylic acids is 3. The fraction of sp³-hybridized carbons (Fsp3) is 0.444. The molecule has 154 valence electrons. The quantitative estimate of drug-likeness (QED) is 0.285. The van der Waals surface area contributed by atoms with E-state index in [9.17, 15) is 14.4 Å². The van der Waals surface area contributed by atoms with Crippen LogP contribution in [-0.2, 0) is 20.7 Å². The zero-order chi connectivity index (χ0) is 21.3. The number of hydrogen-bond donors (Lipinski definition) is 4. The third kappa shape index (κ3) is 8.24. The van der Waals surface area contributed by atoms with Crippen molar-refractivity contribution in [2.24, 2.45) is 11.7 Å². The van der Waals surface area contributed by atoms with Crippen LogP contribution in [0.2, 0.25) is 10.0 Å². The molecule has 1 rings (SSSR count). The van der Waals surface area contributed by atoms with E-state index in [1.54, 1.807) is 18.2 Å². The number of rotatable bonds is 8. The summed E-state index contributed by atoms with van der Waals surface area (Å²) >= 11 is 12.0. The molecule has 0 aliphatic carbocycles. The molecule has 0 fully saturated rings. The van der Waals surface area contributed by atoms with Crippen molar-refractivity contribution in [3.05, 3.63) is 33.8 Å². The summed E-state index contributed by atoms with van der Waals surface area (Å²) in [6, 6.07) is 4.30. The van der Waals surface area contributed by atoms with Crippen molar-refractivity contribution in [1.82, 2.24) is 10.6 Å². The van der Waals surface area contributed by atoms with Crippen LogP contribution in [0.25, 0.3) is 0 Å².